The van der Waals surface area contributed by atoms with Crippen molar-refractivity contribution in [2.75, 3.05) is 10.6 Å². The maximum atomic E-state index is 6.11. The number of halogens is 2. The zero-order chi connectivity index (χ0) is 16.1. The summed E-state index contributed by atoms with van der Waals surface area (Å²) in [6, 6.07) is 8.98. The average Bonchev–Trinajstić information content (AvgIpc) is 2.57. The van der Waals surface area contributed by atoms with E-state index in [1.54, 1.807) is 36.8 Å². The molecule has 3 aromatic rings. The van der Waals surface area contributed by atoms with Crippen LogP contribution in [0, 0.1) is 0 Å². The zero-order valence-electron chi connectivity index (χ0n) is 11.9. The molecule has 0 bridgehead atoms. The van der Waals surface area contributed by atoms with Crippen LogP contribution >= 0.6 is 23.2 Å². The predicted molar refractivity (Wildman–Crippen MR) is 91.1 cm³/mol. The summed E-state index contributed by atoms with van der Waals surface area (Å²) >= 11 is 12.0. The second-order valence-corrected chi connectivity index (χ2v) is 5.47. The molecule has 0 saturated heterocycles. The topological polar surface area (TPSA) is 75.6 Å². The number of rotatable bonds is 5. The first kappa shape index (κ1) is 15.5. The van der Waals surface area contributed by atoms with Gasteiger partial charge in [-0.15, -0.1) is 5.10 Å². The Morgan fingerprint density at radius 2 is 2.00 bits per heavy atom. The van der Waals surface area contributed by atoms with E-state index in [4.69, 9.17) is 23.2 Å². The van der Waals surface area contributed by atoms with E-state index in [2.05, 4.69) is 30.8 Å². The van der Waals surface area contributed by atoms with Gasteiger partial charge < -0.3 is 10.6 Å². The van der Waals surface area contributed by atoms with E-state index in [0.717, 1.165) is 5.56 Å². The molecule has 3 rings (SSSR count). The molecule has 0 aliphatic rings. The molecular weight excluding hydrogens is 335 g/mol. The minimum Gasteiger partial charge on any atom is -0.364 e. The summed E-state index contributed by atoms with van der Waals surface area (Å²) in [5.74, 6) is 0.932. The number of aromatic nitrogens is 4. The van der Waals surface area contributed by atoms with Gasteiger partial charge >= 0.3 is 0 Å². The number of pyridine rings is 1. The molecule has 0 aliphatic carbocycles. The first-order valence-corrected chi connectivity index (χ1v) is 7.51. The minimum atomic E-state index is 0.338. The van der Waals surface area contributed by atoms with Crippen molar-refractivity contribution in [2.24, 2.45) is 0 Å². The molecule has 0 atom stereocenters. The van der Waals surface area contributed by atoms with Crippen LogP contribution in [-0.2, 0) is 6.54 Å². The zero-order valence-corrected chi connectivity index (χ0v) is 13.4. The van der Waals surface area contributed by atoms with Crippen molar-refractivity contribution in [1.82, 2.24) is 20.2 Å². The van der Waals surface area contributed by atoms with Crippen LogP contribution in [0.2, 0.25) is 10.0 Å². The summed E-state index contributed by atoms with van der Waals surface area (Å²) in [5, 5.41) is 15.1. The predicted octanol–water partition coefficient (Wildman–Crippen LogP) is 3.93. The number of hydrogen-bond acceptors (Lipinski definition) is 6. The molecule has 2 aromatic heterocycles. The third-order valence-corrected chi connectivity index (χ3v) is 3.48. The number of nitrogens with one attached hydrogen (secondary N) is 2. The molecule has 0 spiro atoms. The van der Waals surface area contributed by atoms with Gasteiger partial charge in [0.15, 0.2) is 5.82 Å². The lowest BCUT2D eigenvalue weighted by Crippen LogP contribution is -2.06. The molecular formula is C15H12Cl2N6. The fraction of sp³-hybridized carbons (Fsp3) is 0.0667. The Bertz CT molecular complexity index is 797. The monoisotopic (exact) mass is 346 g/mol. The highest BCUT2D eigenvalue weighted by Gasteiger charge is 2.05. The maximum absolute atomic E-state index is 6.11. The van der Waals surface area contributed by atoms with E-state index in [0.29, 0.717) is 34.0 Å². The summed E-state index contributed by atoms with van der Waals surface area (Å²) in [5.41, 5.74) is 1.70. The summed E-state index contributed by atoms with van der Waals surface area (Å²) < 4.78 is 0. The van der Waals surface area contributed by atoms with Crippen LogP contribution < -0.4 is 10.6 Å². The smallest absolute Gasteiger partial charge is 0.249 e. The van der Waals surface area contributed by atoms with Crippen molar-refractivity contribution in [3.63, 3.8) is 0 Å². The van der Waals surface area contributed by atoms with E-state index < -0.39 is 0 Å². The number of benzene rings is 1. The number of hydrogen-bond donors (Lipinski definition) is 2. The van der Waals surface area contributed by atoms with Crippen molar-refractivity contribution in [2.45, 2.75) is 6.54 Å². The van der Waals surface area contributed by atoms with E-state index in [1.165, 1.54) is 0 Å². The van der Waals surface area contributed by atoms with Gasteiger partial charge in [-0.2, -0.15) is 10.1 Å². The molecule has 116 valence electrons. The third-order valence-electron chi connectivity index (χ3n) is 2.93. The molecule has 23 heavy (non-hydrogen) atoms. The molecule has 0 saturated carbocycles. The fourth-order valence-electron chi connectivity index (χ4n) is 1.85. The Kier molecular flexibility index (Phi) is 4.85. The van der Waals surface area contributed by atoms with Crippen molar-refractivity contribution in [3.8, 4) is 0 Å². The molecule has 8 heteroatoms. The van der Waals surface area contributed by atoms with Gasteiger partial charge in [0.1, 0.15) is 0 Å². The van der Waals surface area contributed by atoms with Gasteiger partial charge in [-0.25, -0.2) is 0 Å². The van der Waals surface area contributed by atoms with E-state index in [1.807, 2.05) is 12.1 Å². The Morgan fingerprint density at radius 3 is 2.78 bits per heavy atom. The van der Waals surface area contributed by atoms with Crippen LogP contribution in [0.1, 0.15) is 5.56 Å². The molecule has 0 radical (unpaired) electrons. The highest BCUT2D eigenvalue weighted by molar-refractivity contribution is 6.36. The number of anilines is 3. The van der Waals surface area contributed by atoms with Gasteiger partial charge in [0.2, 0.25) is 5.95 Å². The van der Waals surface area contributed by atoms with Crippen molar-refractivity contribution >= 4 is 40.7 Å². The molecule has 0 aliphatic heterocycles. The molecule has 0 fully saturated rings. The van der Waals surface area contributed by atoms with Crippen molar-refractivity contribution in [3.05, 3.63) is 64.5 Å². The standard InChI is InChI=1S/C15H12Cl2N6/c16-11-3-4-13(12(17)6-11)21-15-22-14(9-20-23-15)19-8-10-2-1-5-18-7-10/h1-7,9H,8H2,(H2,19,21,22,23). The number of nitrogens with zero attached hydrogens (tertiary/aromatic N) is 4. The van der Waals surface area contributed by atoms with Gasteiger partial charge in [0.25, 0.3) is 0 Å². The quantitative estimate of drug-likeness (QED) is 0.728. The lowest BCUT2D eigenvalue weighted by atomic mass is 10.3. The average molecular weight is 347 g/mol. The third kappa shape index (κ3) is 4.28. The van der Waals surface area contributed by atoms with Gasteiger partial charge in [-0.3, -0.25) is 4.98 Å². The van der Waals surface area contributed by atoms with Crippen LogP contribution in [0.5, 0.6) is 0 Å². The van der Waals surface area contributed by atoms with Crippen LogP contribution in [0.4, 0.5) is 17.5 Å². The van der Waals surface area contributed by atoms with E-state index in [9.17, 15) is 0 Å². The molecule has 0 unspecified atom stereocenters. The van der Waals surface area contributed by atoms with E-state index in [-0.39, 0.29) is 0 Å². The van der Waals surface area contributed by atoms with Crippen molar-refractivity contribution in [1.29, 1.82) is 0 Å². The Morgan fingerprint density at radius 1 is 1.09 bits per heavy atom. The van der Waals surface area contributed by atoms with Gasteiger partial charge in [-0.05, 0) is 29.8 Å². The maximum Gasteiger partial charge on any atom is 0.249 e. The van der Waals surface area contributed by atoms with Crippen LogP contribution in [0.3, 0.4) is 0 Å². The highest BCUT2D eigenvalue weighted by atomic mass is 35.5. The van der Waals surface area contributed by atoms with Gasteiger partial charge in [0, 0.05) is 24.0 Å². The highest BCUT2D eigenvalue weighted by Crippen LogP contribution is 2.27. The Balaban J connectivity index is 1.69. The molecule has 2 heterocycles. The van der Waals surface area contributed by atoms with Crippen LogP contribution in [0.15, 0.2) is 48.9 Å². The minimum absolute atomic E-state index is 0.338. The Labute approximate surface area is 142 Å². The molecule has 6 nitrogen and oxygen atoms in total. The van der Waals surface area contributed by atoms with Gasteiger partial charge in [-0.1, -0.05) is 29.3 Å². The second-order valence-electron chi connectivity index (χ2n) is 4.63. The summed E-state index contributed by atoms with van der Waals surface area (Å²) in [6.07, 6.45) is 5.06. The summed E-state index contributed by atoms with van der Waals surface area (Å²) in [7, 11) is 0. The fourth-order valence-corrected chi connectivity index (χ4v) is 2.30. The summed E-state index contributed by atoms with van der Waals surface area (Å²) in [6.45, 7) is 0.591. The van der Waals surface area contributed by atoms with E-state index >= 15 is 0 Å². The normalized spacial score (nSPS) is 10.3. The molecule has 1 aromatic carbocycles. The largest absolute Gasteiger partial charge is 0.364 e. The van der Waals surface area contributed by atoms with Crippen molar-refractivity contribution < 1.29 is 0 Å². The summed E-state index contributed by atoms with van der Waals surface area (Å²) in [4.78, 5) is 8.40. The van der Waals surface area contributed by atoms with Crippen LogP contribution in [0.25, 0.3) is 0 Å². The molecule has 2 N–H and O–H groups in total. The second kappa shape index (κ2) is 7.21. The van der Waals surface area contributed by atoms with Crippen LogP contribution in [-0.4, -0.2) is 20.2 Å². The first-order chi connectivity index (χ1) is 11.2. The SMILES string of the molecule is Clc1ccc(Nc2nncc(NCc3cccnc3)n2)c(Cl)c1. The lowest BCUT2D eigenvalue weighted by molar-refractivity contribution is 0.964. The Hall–Kier alpha value is -2.44. The van der Waals surface area contributed by atoms with Gasteiger partial charge in [0.05, 0.1) is 16.9 Å². The first-order valence-electron chi connectivity index (χ1n) is 6.75. The lowest BCUT2D eigenvalue weighted by Gasteiger charge is -2.09. The molecule has 0 amide bonds.